The molecule has 2 rings (SSSR count). The van der Waals surface area contributed by atoms with Gasteiger partial charge in [-0.15, -0.1) is 0 Å². The zero-order chi connectivity index (χ0) is 14.5. The van der Waals surface area contributed by atoms with E-state index in [4.69, 9.17) is 5.11 Å². The van der Waals surface area contributed by atoms with Gasteiger partial charge in [0.2, 0.25) is 0 Å². The molecule has 102 valence electrons. The van der Waals surface area contributed by atoms with E-state index >= 15 is 0 Å². The molecular formula is C13H12N4O3. The van der Waals surface area contributed by atoms with E-state index in [-0.39, 0.29) is 5.56 Å². The smallest absolute Gasteiger partial charge is 0.335 e. The zero-order valence-electron chi connectivity index (χ0n) is 10.6. The van der Waals surface area contributed by atoms with E-state index in [2.05, 4.69) is 20.6 Å². The minimum Gasteiger partial charge on any atom is -0.478 e. The van der Waals surface area contributed by atoms with Gasteiger partial charge in [-0.1, -0.05) is 0 Å². The molecule has 0 spiro atoms. The number of aromatic carboxylic acids is 1. The Bertz CT molecular complexity index is 643. The number of amides is 2. The number of hydrogen-bond acceptors (Lipinski definition) is 4. The van der Waals surface area contributed by atoms with Crippen LogP contribution in [0.4, 0.5) is 16.2 Å². The highest BCUT2D eigenvalue weighted by Crippen LogP contribution is 2.17. The summed E-state index contributed by atoms with van der Waals surface area (Å²) in [6, 6.07) is 4.01. The average molecular weight is 272 g/mol. The van der Waals surface area contributed by atoms with Gasteiger partial charge >= 0.3 is 12.0 Å². The topological polar surface area (TPSA) is 104 Å². The zero-order valence-corrected chi connectivity index (χ0v) is 10.6. The van der Waals surface area contributed by atoms with Crippen molar-refractivity contribution in [2.75, 3.05) is 10.6 Å². The van der Waals surface area contributed by atoms with Gasteiger partial charge in [0, 0.05) is 5.69 Å². The van der Waals surface area contributed by atoms with Crippen molar-refractivity contribution in [2.24, 2.45) is 0 Å². The van der Waals surface area contributed by atoms with Gasteiger partial charge < -0.3 is 15.7 Å². The summed E-state index contributed by atoms with van der Waals surface area (Å²) in [5.74, 6) is -1.01. The molecule has 0 radical (unpaired) electrons. The molecule has 0 fully saturated rings. The fraction of sp³-hybridized carbons (Fsp3) is 0.0769. The number of nitrogens with one attached hydrogen (secondary N) is 2. The first-order valence-electron chi connectivity index (χ1n) is 5.73. The summed E-state index contributed by atoms with van der Waals surface area (Å²) >= 11 is 0. The lowest BCUT2D eigenvalue weighted by Crippen LogP contribution is -2.20. The van der Waals surface area contributed by atoms with Crippen LogP contribution < -0.4 is 10.6 Å². The van der Waals surface area contributed by atoms with Crippen molar-refractivity contribution in [3.63, 3.8) is 0 Å². The van der Waals surface area contributed by atoms with Gasteiger partial charge in [-0.3, -0.25) is 0 Å². The van der Waals surface area contributed by atoms with E-state index < -0.39 is 12.0 Å². The Morgan fingerprint density at radius 3 is 2.45 bits per heavy atom. The van der Waals surface area contributed by atoms with Crippen molar-refractivity contribution in [3.8, 4) is 0 Å². The summed E-state index contributed by atoms with van der Waals surface area (Å²) in [4.78, 5) is 30.1. The molecule has 20 heavy (non-hydrogen) atoms. The van der Waals surface area contributed by atoms with Crippen molar-refractivity contribution >= 4 is 23.4 Å². The number of nitrogens with zero attached hydrogens (tertiary/aromatic N) is 2. The Labute approximate surface area is 114 Å². The van der Waals surface area contributed by atoms with Gasteiger partial charge in [0.25, 0.3) is 0 Å². The van der Waals surface area contributed by atoms with Crippen LogP contribution in [-0.4, -0.2) is 27.1 Å². The number of anilines is 2. The van der Waals surface area contributed by atoms with Gasteiger partial charge in [-0.05, 0) is 30.7 Å². The number of carboxylic acids is 1. The molecule has 7 nitrogen and oxygen atoms in total. The van der Waals surface area contributed by atoms with Crippen LogP contribution in [0.3, 0.4) is 0 Å². The van der Waals surface area contributed by atoms with E-state index in [0.29, 0.717) is 16.9 Å². The Hall–Kier alpha value is -2.96. The first kappa shape index (κ1) is 13.5. The number of carboxylic acid groups (broad SMARTS) is 1. The Morgan fingerprint density at radius 2 is 1.85 bits per heavy atom. The summed E-state index contributed by atoms with van der Waals surface area (Å²) in [6.45, 7) is 1.72. The second-order valence-electron chi connectivity index (χ2n) is 4.04. The SMILES string of the molecule is Cc1cc(C(=O)O)ccc1NC(=O)Nc1cncnc1. The summed E-state index contributed by atoms with van der Waals surface area (Å²) < 4.78 is 0. The maximum atomic E-state index is 11.8. The number of carbonyl (C=O) groups excluding carboxylic acids is 1. The highest BCUT2D eigenvalue weighted by Gasteiger charge is 2.08. The maximum absolute atomic E-state index is 11.8. The number of benzene rings is 1. The van der Waals surface area contributed by atoms with Gasteiger partial charge in [0.1, 0.15) is 6.33 Å². The normalized spacial score (nSPS) is 9.85. The van der Waals surface area contributed by atoms with E-state index in [1.54, 1.807) is 13.0 Å². The first-order chi connectivity index (χ1) is 9.56. The Balaban J connectivity index is 2.06. The van der Waals surface area contributed by atoms with Crippen LogP contribution in [0, 0.1) is 6.92 Å². The Morgan fingerprint density at radius 1 is 1.15 bits per heavy atom. The van der Waals surface area contributed by atoms with Gasteiger partial charge in [0.05, 0.1) is 23.6 Å². The number of aromatic nitrogens is 2. The molecule has 1 aromatic heterocycles. The average Bonchev–Trinajstić information content (AvgIpc) is 2.42. The minimum absolute atomic E-state index is 0.171. The monoisotopic (exact) mass is 272 g/mol. The molecule has 0 atom stereocenters. The number of carbonyl (C=O) groups is 2. The molecule has 3 N–H and O–H groups in total. The van der Waals surface area contributed by atoms with Crippen LogP contribution >= 0.6 is 0 Å². The van der Waals surface area contributed by atoms with Crippen LogP contribution in [0.25, 0.3) is 0 Å². The second-order valence-corrected chi connectivity index (χ2v) is 4.04. The van der Waals surface area contributed by atoms with Crippen molar-refractivity contribution < 1.29 is 14.7 Å². The number of urea groups is 1. The molecular weight excluding hydrogens is 260 g/mol. The third kappa shape index (κ3) is 3.29. The lowest BCUT2D eigenvalue weighted by Gasteiger charge is -2.10. The van der Waals surface area contributed by atoms with Crippen LogP contribution in [-0.2, 0) is 0 Å². The molecule has 0 unspecified atom stereocenters. The lowest BCUT2D eigenvalue weighted by molar-refractivity contribution is 0.0697. The van der Waals surface area contributed by atoms with Gasteiger partial charge in [0.15, 0.2) is 0 Å². The predicted molar refractivity (Wildman–Crippen MR) is 72.8 cm³/mol. The molecule has 0 saturated heterocycles. The standard InChI is InChI=1S/C13H12N4O3/c1-8-4-9(12(18)19)2-3-11(8)17-13(20)16-10-5-14-7-15-6-10/h2-7H,1H3,(H,18,19)(H2,16,17,20). The second kappa shape index (κ2) is 5.79. The van der Waals surface area contributed by atoms with Crippen LogP contribution in [0.5, 0.6) is 0 Å². The molecule has 0 saturated carbocycles. The van der Waals surface area contributed by atoms with Gasteiger partial charge in [-0.25, -0.2) is 19.6 Å². The van der Waals surface area contributed by atoms with Crippen LogP contribution in [0.1, 0.15) is 15.9 Å². The van der Waals surface area contributed by atoms with E-state index in [0.717, 1.165) is 0 Å². The predicted octanol–water partition coefficient (Wildman–Crippen LogP) is 2.13. The van der Waals surface area contributed by atoms with Crippen molar-refractivity contribution in [1.82, 2.24) is 9.97 Å². The third-order valence-corrected chi connectivity index (χ3v) is 2.54. The summed E-state index contributed by atoms with van der Waals surface area (Å²) in [7, 11) is 0. The van der Waals surface area contributed by atoms with Crippen molar-refractivity contribution in [3.05, 3.63) is 48.0 Å². The molecule has 0 aliphatic carbocycles. The molecule has 0 bridgehead atoms. The van der Waals surface area contributed by atoms with Crippen LogP contribution in [0.15, 0.2) is 36.9 Å². The van der Waals surface area contributed by atoms with E-state index in [9.17, 15) is 9.59 Å². The third-order valence-electron chi connectivity index (χ3n) is 2.54. The van der Waals surface area contributed by atoms with E-state index in [1.165, 1.54) is 30.9 Å². The summed E-state index contributed by atoms with van der Waals surface area (Å²) in [6.07, 6.45) is 4.29. The summed E-state index contributed by atoms with van der Waals surface area (Å²) in [5, 5.41) is 14.1. The number of hydrogen-bond donors (Lipinski definition) is 3. The highest BCUT2D eigenvalue weighted by atomic mass is 16.4. The van der Waals surface area contributed by atoms with Crippen molar-refractivity contribution in [1.29, 1.82) is 0 Å². The maximum Gasteiger partial charge on any atom is 0.335 e. The molecule has 0 aliphatic heterocycles. The fourth-order valence-electron chi connectivity index (χ4n) is 1.59. The van der Waals surface area contributed by atoms with Crippen LogP contribution in [0.2, 0.25) is 0 Å². The quantitative estimate of drug-likeness (QED) is 0.793. The molecule has 1 aromatic carbocycles. The number of rotatable bonds is 3. The first-order valence-corrected chi connectivity index (χ1v) is 5.73. The molecule has 7 heteroatoms. The van der Waals surface area contributed by atoms with Gasteiger partial charge in [-0.2, -0.15) is 0 Å². The van der Waals surface area contributed by atoms with E-state index in [1.807, 2.05) is 0 Å². The summed E-state index contributed by atoms with van der Waals surface area (Å²) in [5.41, 5.74) is 1.82. The molecule has 0 aliphatic rings. The fourth-order valence-corrected chi connectivity index (χ4v) is 1.59. The largest absolute Gasteiger partial charge is 0.478 e. The highest BCUT2D eigenvalue weighted by molar-refractivity contribution is 6.00. The molecule has 2 aromatic rings. The minimum atomic E-state index is -1.01. The Kier molecular flexibility index (Phi) is 3.90. The number of aryl methyl sites for hydroxylation is 1. The molecule has 2 amide bonds. The molecule has 1 heterocycles. The lowest BCUT2D eigenvalue weighted by atomic mass is 10.1. The van der Waals surface area contributed by atoms with Crippen molar-refractivity contribution in [2.45, 2.75) is 6.92 Å².